The second-order valence-electron chi connectivity index (χ2n) is 5.14. The summed E-state index contributed by atoms with van der Waals surface area (Å²) in [6.45, 7) is 2.92. The normalized spacial score (nSPS) is 20.1. The van der Waals surface area contributed by atoms with E-state index in [0.717, 1.165) is 19.4 Å². The summed E-state index contributed by atoms with van der Waals surface area (Å²) < 4.78 is 22.7. The van der Waals surface area contributed by atoms with Crippen LogP contribution in [0, 0.1) is 0 Å². The molecule has 1 unspecified atom stereocenters. The van der Waals surface area contributed by atoms with E-state index in [9.17, 15) is 13.2 Å². The number of unbranched alkanes of at least 4 members (excludes halogenated alkanes) is 1. The van der Waals surface area contributed by atoms with Crippen LogP contribution in [0.15, 0.2) is 12.4 Å². The first-order valence-electron chi connectivity index (χ1n) is 7.07. The number of amides is 1. The molecule has 1 aromatic heterocycles. The molecule has 1 fully saturated rings. The molecule has 1 aromatic rings. The molecule has 1 amide bonds. The zero-order valence-electron chi connectivity index (χ0n) is 12.0. The number of aromatic nitrogens is 2. The number of hydrogen-bond acceptors (Lipinski definition) is 6. The number of rotatable bonds is 6. The number of carbonyl (C=O) groups excluding carboxylic acids is 1. The van der Waals surface area contributed by atoms with Gasteiger partial charge < -0.3 is 10.6 Å². The van der Waals surface area contributed by atoms with Gasteiger partial charge in [-0.3, -0.25) is 4.79 Å². The van der Waals surface area contributed by atoms with Crippen LogP contribution in [0.2, 0.25) is 0 Å². The quantitative estimate of drug-likeness (QED) is 0.746. The van der Waals surface area contributed by atoms with Gasteiger partial charge in [0.25, 0.3) is 5.91 Å². The van der Waals surface area contributed by atoms with E-state index in [1.807, 2.05) is 0 Å². The summed E-state index contributed by atoms with van der Waals surface area (Å²) >= 11 is 0. The Hall–Kier alpha value is -1.70. The largest absolute Gasteiger partial charge is 0.369 e. The summed E-state index contributed by atoms with van der Waals surface area (Å²) in [7, 11) is -3.00. The van der Waals surface area contributed by atoms with E-state index < -0.39 is 9.84 Å². The van der Waals surface area contributed by atoms with E-state index in [0.29, 0.717) is 12.2 Å². The highest BCUT2D eigenvalue weighted by atomic mass is 32.2. The van der Waals surface area contributed by atoms with Gasteiger partial charge in [0.2, 0.25) is 0 Å². The van der Waals surface area contributed by atoms with Crippen molar-refractivity contribution in [2.75, 3.05) is 23.4 Å². The molecular formula is C13H20N4O3S. The maximum absolute atomic E-state index is 12.0. The third-order valence-electron chi connectivity index (χ3n) is 3.29. The Kier molecular flexibility index (Phi) is 5.11. The fourth-order valence-corrected chi connectivity index (χ4v) is 3.77. The van der Waals surface area contributed by atoms with Gasteiger partial charge in [0.15, 0.2) is 9.84 Å². The van der Waals surface area contributed by atoms with Gasteiger partial charge in [-0.15, -0.1) is 0 Å². The van der Waals surface area contributed by atoms with Crippen LogP contribution in [0.4, 0.5) is 5.82 Å². The number of nitrogens with zero attached hydrogens (tertiary/aromatic N) is 2. The molecule has 0 bridgehead atoms. The average Bonchev–Trinajstić information content (AvgIpc) is 2.79. The highest BCUT2D eigenvalue weighted by molar-refractivity contribution is 7.91. The summed E-state index contributed by atoms with van der Waals surface area (Å²) in [4.78, 5) is 20.1. The molecule has 1 atom stereocenters. The van der Waals surface area contributed by atoms with Crippen molar-refractivity contribution in [2.45, 2.75) is 32.2 Å². The maximum atomic E-state index is 12.0. The molecule has 0 aliphatic carbocycles. The molecule has 1 saturated heterocycles. The first-order valence-corrected chi connectivity index (χ1v) is 8.89. The van der Waals surface area contributed by atoms with Gasteiger partial charge in [-0.1, -0.05) is 13.3 Å². The van der Waals surface area contributed by atoms with E-state index in [1.54, 1.807) is 0 Å². The monoisotopic (exact) mass is 312 g/mol. The van der Waals surface area contributed by atoms with Crippen molar-refractivity contribution in [3.8, 4) is 0 Å². The van der Waals surface area contributed by atoms with Gasteiger partial charge in [-0.25, -0.2) is 18.4 Å². The van der Waals surface area contributed by atoms with Crippen molar-refractivity contribution in [3.05, 3.63) is 18.1 Å². The zero-order chi connectivity index (χ0) is 15.3. The summed E-state index contributed by atoms with van der Waals surface area (Å²) in [6, 6.07) is -0.327. The Bertz CT molecular complexity index is 586. The summed E-state index contributed by atoms with van der Waals surface area (Å²) in [6.07, 6.45) is 5.49. The topological polar surface area (TPSA) is 101 Å². The number of anilines is 1. The van der Waals surface area contributed by atoms with Gasteiger partial charge in [-0.2, -0.15) is 0 Å². The smallest absolute Gasteiger partial charge is 0.271 e. The Morgan fingerprint density at radius 1 is 1.38 bits per heavy atom. The Labute approximate surface area is 124 Å². The summed E-state index contributed by atoms with van der Waals surface area (Å²) in [5, 5.41) is 5.79. The van der Waals surface area contributed by atoms with E-state index in [4.69, 9.17) is 0 Å². The lowest BCUT2D eigenvalue weighted by Gasteiger charge is -2.10. The van der Waals surface area contributed by atoms with E-state index >= 15 is 0 Å². The predicted molar refractivity (Wildman–Crippen MR) is 80.0 cm³/mol. The number of nitrogens with one attached hydrogen (secondary N) is 2. The molecule has 7 nitrogen and oxygen atoms in total. The van der Waals surface area contributed by atoms with Crippen LogP contribution >= 0.6 is 0 Å². The van der Waals surface area contributed by atoms with E-state index in [-0.39, 0.29) is 29.1 Å². The molecule has 0 aromatic carbocycles. The molecule has 21 heavy (non-hydrogen) atoms. The number of hydrogen-bond donors (Lipinski definition) is 2. The van der Waals surface area contributed by atoms with Crippen molar-refractivity contribution in [1.82, 2.24) is 15.3 Å². The standard InChI is InChI=1S/C13H20N4O3S/c1-2-3-5-14-12-8-15-11(7-16-12)13(18)17-10-4-6-21(19,20)9-10/h7-8,10H,2-6,9H2,1H3,(H,14,16)(H,17,18). The Morgan fingerprint density at radius 3 is 2.76 bits per heavy atom. The molecule has 2 rings (SSSR count). The zero-order valence-corrected chi connectivity index (χ0v) is 12.8. The van der Waals surface area contributed by atoms with Crippen LogP contribution in [0.5, 0.6) is 0 Å². The Morgan fingerprint density at radius 2 is 2.19 bits per heavy atom. The minimum Gasteiger partial charge on any atom is -0.369 e. The van der Waals surface area contributed by atoms with Crippen molar-refractivity contribution in [1.29, 1.82) is 0 Å². The van der Waals surface area contributed by atoms with Gasteiger partial charge in [-0.05, 0) is 12.8 Å². The third-order valence-corrected chi connectivity index (χ3v) is 5.06. The van der Waals surface area contributed by atoms with Crippen molar-refractivity contribution < 1.29 is 13.2 Å². The molecule has 0 saturated carbocycles. The highest BCUT2D eigenvalue weighted by Crippen LogP contribution is 2.12. The molecule has 2 heterocycles. The lowest BCUT2D eigenvalue weighted by atomic mass is 10.2. The highest BCUT2D eigenvalue weighted by Gasteiger charge is 2.29. The van der Waals surface area contributed by atoms with Gasteiger partial charge >= 0.3 is 0 Å². The summed E-state index contributed by atoms with van der Waals surface area (Å²) in [5.74, 6) is 0.375. The van der Waals surface area contributed by atoms with Crippen LogP contribution in [-0.2, 0) is 9.84 Å². The minimum absolute atomic E-state index is 0.00280. The summed E-state index contributed by atoms with van der Waals surface area (Å²) in [5.41, 5.74) is 0.195. The van der Waals surface area contributed by atoms with Crippen molar-refractivity contribution in [3.63, 3.8) is 0 Å². The van der Waals surface area contributed by atoms with Crippen LogP contribution in [0.1, 0.15) is 36.7 Å². The number of carbonyl (C=O) groups is 1. The Balaban J connectivity index is 1.88. The van der Waals surface area contributed by atoms with E-state index in [2.05, 4.69) is 27.5 Å². The predicted octanol–water partition coefficient (Wildman–Crippen LogP) is 0.605. The molecule has 1 aliphatic rings. The maximum Gasteiger partial charge on any atom is 0.271 e. The first kappa shape index (κ1) is 15.7. The SMILES string of the molecule is CCCCNc1cnc(C(=O)NC2CCS(=O)(=O)C2)cn1. The second kappa shape index (κ2) is 6.84. The average molecular weight is 312 g/mol. The lowest BCUT2D eigenvalue weighted by molar-refractivity contribution is 0.0935. The van der Waals surface area contributed by atoms with Crippen molar-refractivity contribution >= 4 is 21.6 Å². The van der Waals surface area contributed by atoms with Crippen LogP contribution in [0.3, 0.4) is 0 Å². The lowest BCUT2D eigenvalue weighted by Crippen LogP contribution is -2.36. The van der Waals surface area contributed by atoms with Gasteiger partial charge in [0, 0.05) is 12.6 Å². The van der Waals surface area contributed by atoms with E-state index in [1.165, 1.54) is 12.4 Å². The van der Waals surface area contributed by atoms with Crippen LogP contribution < -0.4 is 10.6 Å². The molecular weight excluding hydrogens is 292 g/mol. The molecule has 1 aliphatic heterocycles. The van der Waals surface area contributed by atoms with Gasteiger partial charge in [0.1, 0.15) is 11.5 Å². The van der Waals surface area contributed by atoms with Crippen LogP contribution in [-0.4, -0.2) is 48.4 Å². The van der Waals surface area contributed by atoms with Crippen LogP contribution in [0.25, 0.3) is 0 Å². The molecule has 0 radical (unpaired) electrons. The minimum atomic E-state index is -3.00. The molecule has 2 N–H and O–H groups in total. The van der Waals surface area contributed by atoms with Gasteiger partial charge in [0.05, 0.1) is 23.9 Å². The molecule has 116 valence electrons. The third kappa shape index (κ3) is 4.66. The first-order chi connectivity index (χ1) is 10.00. The molecule has 8 heteroatoms. The van der Waals surface area contributed by atoms with Crippen molar-refractivity contribution in [2.24, 2.45) is 0 Å². The fourth-order valence-electron chi connectivity index (χ4n) is 2.10. The number of sulfone groups is 1. The molecule has 0 spiro atoms. The second-order valence-corrected chi connectivity index (χ2v) is 7.37. The fraction of sp³-hybridized carbons (Fsp3) is 0.615.